The minimum Gasteiger partial charge on any atom is -0.444 e. The Labute approximate surface area is 229 Å². The third kappa shape index (κ3) is 5.58. The summed E-state index contributed by atoms with van der Waals surface area (Å²) in [5.41, 5.74) is 3.55. The van der Waals surface area contributed by atoms with Gasteiger partial charge >= 0.3 is 6.09 Å². The topological polar surface area (TPSA) is 148 Å². The highest BCUT2D eigenvalue weighted by Gasteiger charge is 2.27. The van der Waals surface area contributed by atoms with E-state index >= 15 is 0 Å². The van der Waals surface area contributed by atoms with Crippen molar-refractivity contribution in [3.05, 3.63) is 42.2 Å². The van der Waals surface area contributed by atoms with Gasteiger partial charge < -0.3 is 19.9 Å². The number of pyridine rings is 1. The van der Waals surface area contributed by atoms with E-state index in [1.54, 1.807) is 21.7 Å². The van der Waals surface area contributed by atoms with E-state index < -0.39 is 5.60 Å². The number of amides is 1. The van der Waals surface area contributed by atoms with Crippen LogP contribution in [0.15, 0.2) is 36.7 Å². The summed E-state index contributed by atoms with van der Waals surface area (Å²) in [7, 11) is 0. The van der Waals surface area contributed by atoms with Crippen molar-refractivity contribution in [3.63, 3.8) is 0 Å². The largest absolute Gasteiger partial charge is 0.444 e. The molecule has 0 bridgehead atoms. The van der Waals surface area contributed by atoms with E-state index in [1.165, 1.54) is 17.5 Å². The molecule has 0 atom stereocenters. The van der Waals surface area contributed by atoms with Crippen molar-refractivity contribution in [2.45, 2.75) is 26.4 Å². The first kappa shape index (κ1) is 25.9. The molecule has 0 aromatic carbocycles. The number of carbonyl (C=O) groups excluding carboxylic acids is 1. The van der Waals surface area contributed by atoms with Crippen molar-refractivity contribution < 1.29 is 9.53 Å². The number of fused-ring (bicyclic) bond motifs is 1. The molecule has 0 unspecified atom stereocenters. The van der Waals surface area contributed by atoms with Gasteiger partial charge in [-0.1, -0.05) is 11.3 Å². The van der Waals surface area contributed by atoms with Gasteiger partial charge in [0.1, 0.15) is 18.2 Å². The Morgan fingerprint density at radius 1 is 1.13 bits per heavy atom. The number of hydrogen-bond donors (Lipinski definition) is 1. The van der Waals surface area contributed by atoms with Crippen LogP contribution in [-0.2, 0) is 4.74 Å². The van der Waals surface area contributed by atoms with E-state index in [0.717, 1.165) is 21.9 Å². The molecule has 0 saturated carbocycles. The molecular weight excluding hydrogens is 516 g/mol. The second kappa shape index (κ2) is 10.6. The maximum absolute atomic E-state index is 12.4. The summed E-state index contributed by atoms with van der Waals surface area (Å²) in [6, 6.07) is 11.6. The molecule has 1 aliphatic rings. The lowest BCUT2D eigenvalue weighted by Crippen LogP contribution is -2.50. The van der Waals surface area contributed by atoms with Gasteiger partial charge in [0.15, 0.2) is 5.01 Å². The number of hydrogen-bond acceptors (Lipinski definition) is 11. The van der Waals surface area contributed by atoms with Gasteiger partial charge in [0.25, 0.3) is 0 Å². The van der Waals surface area contributed by atoms with E-state index in [-0.39, 0.29) is 12.6 Å². The van der Waals surface area contributed by atoms with E-state index in [1.807, 2.05) is 39.0 Å². The van der Waals surface area contributed by atoms with Crippen molar-refractivity contribution in [3.8, 4) is 34.1 Å². The maximum atomic E-state index is 12.4. The molecule has 5 heterocycles. The molecule has 1 amide bonds. The Bertz CT molecular complexity index is 1600. The summed E-state index contributed by atoms with van der Waals surface area (Å²) in [6.07, 6.45) is 2.91. The summed E-state index contributed by atoms with van der Waals surface area (Å²) in [5, 5.41) is 36.1. The molecule has 39 heavy (non-hydrogen) atoms. The zero-order chi connectivity index (χ0) is 27.6. The monoisotopic (exact) mass is 542 g/mol. The van der Waals surface area contributed by atoms with Gasteiger partial charge in [-0.3, -0.25) is 4.98 Å². The Balaban J connectivity index is 1.37. The van der Waals surface area contributed by atoms with Gasteiger partial charge in [0.2, 0.25) is 5.13 Å². The van der Waals surface area contributed by atoms with Gasteiger partial charge in [0, 0.05) is 38.1 Å². The van der Waals surface area contributed by atoms with E-state index in [9.17, 15) is 10.1 Å². The first-order chi connectivity index (χ1) is 18.8. The molecule has 198 valence electrons. The minimum absolute atomic E-state index is 0.105. The third-order valence-electron chi connectivity index (χ3n) is 6.00. The van der Waals surface area contributed by atoms with Crippen LogP contribution in [0.2, 0.25) is 0 Å². The zero-order valence-electron chi connectivity index (χ0n) is 21.7. The quantitative estimate of drug-likeness (QED) is 0.369. The van der Waals surface area contributed by atoms with E-state index in [0.29, 0.717) is 48.1 Å². The first-order valence-electron chi connectivity index (χ1n) is 12.3. The Morgan fingerprint density at radius 2 is 1.92 bits per heavy atom. The third-order valence-corrected chi connectivity index (χ3v) is 7.02. The lowest BCUT2D eigenvalue weighted by molar-refractivity contribution is 0.0240. The number of carbonyl (C=O) groups is 1. The Kier molecular flexibility index (Phi) is 7.00. The molecule has 0 radical (unpaired) electrons. The van der Waals surface area contributed by atoms with E-state index in [4.69, 9.17) is 10.00 Å². The first-order valence-corrected chi connectivity index (χ1v) is 13.1. The predicted octanol–water partition coefficient (Wildman–Crippen LogP) is 3.78. The standard InChI is InChI=1S/C26H26N10O2S/c1-26(2,3)38-25(37)35-10-8-34(9-11-35)24-33-32-23(39-24)19-16-30-21(13-20(19)29-7-6-27)22-5-4-18-12-17(14-28)15-31-36(18)22/h4-5,12-13,15-16H,7-11H2,1-3H3,(H,29,30). The number of ether oxygens (including phenoxy) is 1. The number of nitriles is 2. The molecular formula is C26H26N10O2S. The number of nitrogens with zero attached hydrogens (tertiary/aromatic N) is 9. The summed E-state index contributed by atoms with van der Waals surface area (Å²) in [4.78, 5) is 20.8. The molecule has 1 aliphatic heterocycles. The average molecular weight is 543 g/mol. The molecule has 4 aromatic rings. The smallest absolute Gasteiger partial charge is 0.410 e. The number of anilines is 2. The van der Waals surface area contributed by atoms with Crippen molar-refractivity contribution in [2.75, 3.05) is 42.9 Å². The zero-order valence-corrected chi connectivity index (χ0v) is 22.6. The molecule has 4 aromatic heterocycles. The highest BCUT2D eigenvalue weighted by Crippen LogP contribution is 2.35. The fraction of sp³-hybridized carbons (Fsp3) is 0.346. The highest BCUT2D eigenvalue weighted by molar-refractivity contribution is 7.18. The van der Waals surface area contributed by atoms with E-state index in [2.05, 4.69) is 42.6 Å². The van der Waals surface area contributed by atoms with Crippen LogP contribution in [0.1, 0.15) is 26.3 Å². The van der Waals surface area contributed by atoms with Crippen LogP contribution < -0.4 is 10.2 Å². The van der Waals surface area contributed by atoms with Crippen molar-refractivity contribution >= 4 is 33.8 Å². The van der Waals surface area contributed by atoms with Gasteiger partial charge in [-0.25, -0.2) is 9.31 Å². The molecule has 0 spiro atoms. The summed E-state index contributed by atoms with van der Waals surface area (Å²) in [6.45, 7) is 7.97. The highest BCUT2D eigenvalue weighted by atomic mass is 32.1. The number of aromatic nitrogens is 5. The number of nitrogens with one attached hydrogen (secondary N) is 1. The summed E-state index contributed by atoms with van der Waals surface area (Å²) >= 11 is 1.43. The van der Waals surface area contributed by atoms with Crippen molar-refractivity contribution in [2.24, 2.45) is 0 Å². The molecule has 1 N–H and O–H groups in total. The van der Waals surface area contributed by atoms with Gasteiger partial charge in [0.05, 0.1) is 40.3 Å². The lowest BCUT2D eigenvalue weighted by atomic mass is 10.2. The SMILES string of the molecule is CC(C)(C)OC(=O)N1CCN(c2nnc(-c3cnc(-c4ccc5cc(C#N)cnn45)cc3NCC#N)s2)CC1. The molecule has 12 nitrogen and oxygen atoms in total. The second-order valence-electron chi connectivity index (χ2n) is 9.88. The molecule has 13 heteroatoms. The number of piperazine rings is 1. The predicted molar refractivity (Wildman–Crippen MR) is 146 cm³/mol. The summed E-state index contributed by atoms with van der Waals surface area (Å²) in [5.74, 6) is 0. The van der Waals surface area contributed by atoms with Gasteiger partial charge in [-0.15, -0.1) is 10.2 Å². The van der Waals surface area contributed by atoms with Crippen LogP contribution >= 0.6 is 11.3 Å². The van der Waals surface area contributed by atoms with Gasteiger partial charge in [-0.05, 0) is 45.0 Å². The fourth-order valence-electron chi connectivity index (χ4n) is 4.16. The van der Waals surface area contributed by atoms with Crippen LogP contribution in [0.25, 0.3) is 27.5 Å². The van der Waals surface area contributed by atoms with Crippen LogP contribution in [0.5, 0.6) is 0 Å². The normalized spacial score (nSPS) is 13.7. The average Bonchev–Trinajstić information content (AvgIpc) is 3.58. The van der Waals surface area contributed by atoms with Gasteiger partial charge in [-0.2, -0.15) is 15.6 Å². The molecule has 1 fully saturated rings. The molecule has 5 rings (SSSR count). The molecule has 0 aliphatic carbocycles. The number of rotatable bonds is 5. The van der Waals surface area contributed by atoms with Crippen LogP contribution in [0.3, 0.4) is 0 Å². The fourth-order valence-corrected chi connectivity index (χ4v) is 5.08. The Hall–Kier alpha value is -4.75. The minimum atomic E-state index is -0.532. The maximum Gasteiger partial charge on any atom is 0.410 e. The second-order valence-corrected chi connectivity index (χ2v) is 10.8. The van der Waals surface area contributed by atoms with Crippen molar-refractivity contribution in [1.82, 2.24) is 29.7 Å². The van der Waals surface area contributed by atoms with Crippen LogP contribution in [0.4, 0.5) is 15.6 Å². The molecule has 1 saturated heterocycles. The lowest BCUT2D eigenvalue weighted by Gasteiger charge is -2.35. The van der Waals surface area contributed by atoms with Crippen molar-refractivity contribution in [1.29, 1.82) is 10.5 Å². The Morgan fingerprint density at radius 3 is 2.64 bits per heavy atom. The summed E-state index contributed by atoms with van der Waals surface area (Å²) < 4.78 is 7.20. The van der Waals surface area contributed by atoms with Crippen LogP contribution in [0, 0.1) is 22.7 Å². The van der Waals surface area contributed by atoms with Crippen LogP contribution in [-0.4, -0.2) is 74.1 Å².